The van der Waals surface area contributed by atoms with Gasteiger partial charge in [0.1, 0.15) is 12.2 Å². The highest BCUT2D eigenvalue weighted by Gasteiger charge is 2.48. The number of rotatable bonds is 5. The number of halogens is 3. The average molecular weight is 550 g/mol. The van der Waals surface area contributed by atoms with E-state index >= 15 is 0 Å². The predicted octanol–water partition coefficient (Wildman–Crippen LogP) is 6.29. The number of fused-ring (bicyclic) bond motifs is 1. The molecule has 1 aliphatic carbocycles. The lowest BCUT2D eigenvalue weighted by atomic mass is 9.58. The van der Waals surface area contributed by atoms with E-state index < -0.39 is 17.2 Å². The van der Waals surface area contributed by atoms with Crippen LogP contribution >= 0.6 is 0 Å². The molecule has 0 radical (unpaired) electrons. The van der Waals surface area contributed by atoms with Gasteiger partial charge in [-0.15, -0.1) is 10.2 Å². The Hall–Kier alpha value is -3.46. The third kappa shape index (κ3) is 4.64. The van der Waals surface area contributed by atoms with Crippen molar-refractivity contribution in [2.75, 3.05) is 13.1 Å². The quantitative estimate of drug-likeness (QED) is 0.318. The van der Waals surface area contributed by atoms with Gasteiger partial charge in [-0.1, -0.05) is 32.0 Å². The Morgan fingerprint density at radius 2 is 1.93 bits per heavy atom. The third-order valence-electron chi connectivity index (χ3n) is 8.76. The van der Waals surface area contributed by atoms with Gasteiger partial charge in [-0.05, 0) is 79.0 Å². The van der Waals surface area contributed by atoms with Crippen LogP contribution in [0.1, 0.15) is 62.0 Å². The van der Waals surface area contributed by atoms with Crippen molar-refractivity contribution in [1.29, 1.82) is 0 Å². The maximum absolute atomic E-state index is 14.2. The minimum absolute atomic E-state index is 0.0677. The smallest absolute Gasteiger partial charge is 0.360 e. The van der Waals surface area contributed by atoms with E-state index in [2.05, 4.69) is 33.9 Å². The lowest BCUT2D eigenvalue weighted by Crippen LogP contribution is -2.43. The van der Waals surface area contributed by atoms with Crippen LogP contribution in [0.3, 0.4) is 0 Å². The highest BCUT2D eigenvalue weighted by molar-refractivity contribution is 5.87. The van der Waals surface area contributed by atoms with E-state index in [1.165, 1.54) is 12.3 Å². The zero-order chi connectivity index (χ0) is 28.2. The van der Waals surface area contributed by atoms with Gasteiger partial charge in [-0.2, -0.15) is 13.2 Å². The number of H-pyrrole nitrogens is 1. The summed E-state index contributed by atoms with van der Waals surface area (Å²) in [6.45, 7) is 6.44. The van der Waals surface area contributed by atoms with Crippen molar-refractivity contribution in [1.82, 2.24) is 24.6 Å². The number of piperidine rings is 1. The number of aryl methyl sites for hydroxylation is 1. The van der Waals surface area contributed by atoms with Gasteiger partial charge < -0.3 is 9.55 Å². The SMILES string of the molecule is CC1CC(c2cccc(-c3c[nH]c4c(C(F)(F)F)cc(CN5CCC[C@H](C)C5)cc4c3=O)c2)(c2nncn2C)C1. The molecule has 6 nitrogen and oxygen atoms in total. The van der Waals surface area contributed by atoms with Gasteiger partial charge in [0.05, 0.1) is 16.5 Å². The van der Waals surface area contributed by atoms with Crippen LogP contribution in [0.2, 0.25) is 0 Å². The summed E-state index contributed by atoms with van der Waals surface area (Å²) in [7, 11) is 1.93. The second-order valence-corrected chi connectivity index (χ2v) is 12.0. The van der Waals surface area contributed by atoms with E-state index in [1.807, 2.05) is 35.9 Å². The van der Waals surface area contributed by atoms with Gasteiger partial charge in [0.15, 0.2) is 5.43 Å². The maximum atomic E-state index is 14.2. The number of nitrogens with zero attached hydrogens (tertiary/aromatic N) is 4. The molecule has 210 valence electrons. The van der Waals surface area contributed by atoms with E-state index in [0.29, 0.717) is 35.1 Å². The normalized spacial score (nSPS) is 23.9. The third-order valence-corrected chi connectivity index (χ3v) is 8.76. The molecule has 0 unspecified atom stereocenters. The van der Waals surface area contributed by atoms with Crippen molar-refractivity contribution >= 4 is 10.9 Å². The van der Waals surface area contributed by atoms with Crippen LogP contribution in [0, 0.1) is 11.8 Å². The molecule has 2 fully saturated rings. The summed E-state index contributed by atoms with van der Waals surface area (Å²) in [4.78, 5) is 18.9. The summed E-state index contributed by atoms with van der Waals surface area (Å²) in [6.07, 6.45) is 2.49. The molecule has 1 saturated carbocycles. The number of pyridine rings is 1. The van der Waals surface area contributed by atoms with Gasteiger partial charge in [-0.3, -0.25) is 9.69 Å². The summed E-state index contributed by atoms with van der Waals surface area (Å²) < 4.78 is 44.5. The van der Waals surface area contributed by atoms with Crippen molar-refractivity contribution in [2.24, 2.45) is 18.9 Å². The Morgan fingerprint density at radius 1 is 1.12 bits per heavy atom. The number of aromatic nitrogens is 4. The zero-order valence-corrected chi connectivity index (χ0v) is 23.1. The first-order chi connectivity index (χ1) is 19.0. The monoisotopic (exact) mass is 549 g/mol. The first-order valence-electron chi connectivity index (χ1n) is 14.0. The predicted molar refractivity (Wildman–Crippen MR) is 149 cm³/mol. The molecule has 2 aromatic heterocycles. The molecule has 9 heteroatoms. The molecule has 40 heavy (non-hydrogen) atoms. The van der Waals surface area contributed by atoms with Gasteiger partial charge in [-0.25, -0.2) is 0 Å². The minimum atomic E-state index is -4.59. The van der Waals surface area contributed by atoms with Crippen molar-refractivity contribution in [3.05, 3.63) is 81.7 Å². The molecule has 2 aliphatic rings. The van der Waals surface area contributed by atoms with Crippen molar-refractivity contribution in [3.63, 3.8) is 0 Å². The highest BCUT2D eigenvalue weighted by Crippen LogP contribution is 2.51. The van der Waals surface area contributed by atoms with Crippen molar-refractivity contribution < 1.29 is 13.2 Å². The summed E-state index contributed by atoms with van der Waals surface area (Å²) in [6, 6.07) is 10.6. The average Bonchev–Trinajstić information content (AvgIpc) is 3.32. The summed E-state index contributed by atoms with van der Waals surface area (Å²) in [5.74, 6) is 1.90. The van der Waals surface area contributed by atoms with Crippen molar-refractivity contribution in [2.45, 2.75) is 57.7 Å². The summed E-state index contributed by atoms with van der Waals surface area (Å²) in [5, 5.41) is 8.57. The highest BCUT2D eigenvalue weighted by atomic mass is 19.4. The molecule has 0 bridgehead atoms. The Morgan fingerprint density at radius 3 is 2.60 bits per heavy atom. The molecule has 0 amide bonds. The molecule has 6 rings (SSSR count). The van der Waals surface area contributed by atoms with Crippen LogP contribution in [0.25, 0.3) is 22.0 Å². The van der Waals surface area contributed by atoms with Crippen LogP contribution in [-0.4, -0.2) is 37.7 Å². The molecule has 1 aliphatic heterocycles. The number of alkyl halides is 3. The summed E-state index contributed by atoms with van der Waals surface area (Å²) >= 11 is 0. The van der Waals surface area contributed by atoms with Gasteiger partial charge in [0, 0.05) is 37.3 Å². The fourth-order valence-corrected chi connectivity index (χ4v) is 6.99. The number of hydrogen-bond acceptors (Lipinski definition) is 4. The molecule has 2 aromatic carbocycles. The lowest BCUT2D eigenvalue weighted by molar-refractivity contribution is -0.136. The maximum Gasteiger partial charge on any atom is 0.418 e. The fourth-order valence-electron chi connectivity index (χ4n) is 6.99. The molecule has 1 saturated heterocycles. The number of hydrogen-bond donors (Lipinski definition) is 1. The lowest BCUT2D eigenvalue weighted by Gasteiger charge is -2.46. The van der Waals surface area contributed by atoms with E-state index in [9.17, 15) is 18.0 Å². The van der Waals surface area contributed by atoms with Gasteiger partial charge in [0.25, 0.3) is 0 Å². The number of nitrogens with one attached hydrogen (secondary N) is 1. The molecule has 4 aromatic rings. The molecular weight excluding hydrogens is 515 g/mol. The molecular formula is C31H34F3N5O. The van der Waals surface area contributed by atoms with Crippen LogP contribution < -0.4 is 5.43 Å². The molecule has 1 N–H and O–H groups in total. The van der Waals surface area contributed by atoms with Crippen LogP contribution in [0.5, 0.6) is 0 Å². The standard InChI is InChI=1S/C31H34F3N5O/c1-19-6-5-9-39(16-19)17-21-10-24-27(26(11-21)31(32,33)34)35-15-25(28(24)40)22-7-4-8-23(12-22)30(13-20(2)14-30)29-37-36-18-38(29)3/h4,7-8,10-12,15,18-20H,5-6,9,13-14,16-17H2,1-3H3,(H,35,40)/t19-,20?,30?/m0/s1. The number of aromatic amines is 1. The van der Waals surface area contributed by atoms with Gasteiger partial charge in [0.2, 0.25) is 0 Å². The van der Waals surface area contributed by atoms with Crippen LogP contribution in [-0.2, 0) is 25.2 Å². The Kier molecular flexibility index (Phi) is 6.60. The first-order valence-corrected chi connectivity index (χ1v) is 14.0. The molecule has 0 spiro atoms. The second-order valence-electron chi connectivity index (χ2n) is 12.0. The Bertz CT molecular complexity index is 1620. The molecule has 3 heterocycles. The van der Waals surface area contributed by atoms with Crippen LogP contribution in [0.15, 0.2) is 53.7 Å². The number of likely N-dealkylation sites (tertiary alicyclic amines) is 1. The fraction of sp³-hybridized carbons (Fsp3) is 0.452. The largest absolute Gasteiger partial charge is 0.418 e. The van der Waals surface area contributed by atoms with E-state index in [-0.39, 0.29) is 16.3 Å². The zero-order valence-electron chi connectivity index (χ0n) is 23.1. The Balaban J connectivity index is 1.45. The van der Waals surface area contributed by atoms with Gasteiger partial charge >= 0.3 is 6.18 Å². The summed E-state index contributed by atoms with van der Waals surface area (Å²) in [5.41, 5.74) is 0.880. The first kappa shape index (κ1) is 26.7. The van der Waals surface area contributed by atoms with Crippen molar-refractivity contribution in [3.8, 4) is 11.1 Å². The van der Waals surface area contributed by atoms with E-state index in [4.69, 9.17) is 0 Å². The van der Waals surface area contributed by atoms with Crippen LogP contribution in [0.4, 0.5) is 13.2 Å². The minimum Gasteiger partial charge on any atom is -0.360 e. The van der Waals surface area contributed by atoms with E-state index in [0.717, 1.165) is 50.2 Å². The topological polar surface area (TPSA) is 66.8 Å². The second kappa shape index (κ2) is 9.87. The van der Waals surface area contributed by atoms with E-state index in [1.54, 1.807) is 12.4 Å². The number of benzene rings is 2. The molecule has 1 atom stereocenters. The Labute approximate surface area is 231 Å².